The van der Waals surface area contributed by atoms with Crippen LogP contribution in [0.25, 0.3) is 0 Å². The van der Waals surface area contributed by atoms with Crippen molar-refractivity contribution in [3.63, 3.8) is 0 Å². The van der Waals surface area contributed by atoms with Crippen LogP contribution < -0.4 is 5.73 Å². The molecule has 130 valence electrons. The molecule has 2 rings (SSSR count). The van der Waals surface area contributed by atoms with E-state index in [-0.39, 0.29) is 5.54 Å². The second-order valence-electron chi connectivity index (χ2n) is 5.32. The zero-order chi connectivity index (χ0) is 18.6. The van der Waals surface area contributed by atoms with Crippen LogP contribution in [0.15, 0.2) is 60.0 Å². The van der Waals surface area contributed by atoms with Gasteiger partial charge in [-0.25, -0.2) is 9.59 Å². The highest BCUT2D eigenvalue weighted by Crippen LogP contribution is 2.25. The zero-order valence-electron chi connectivity index (χ0n) is 14.0. The van der Waals surface area contributed by atoms with Gasteiger partial charge in [-0.1, -0.05) is 36.4 Å². The van der Waals surface area contributed by atoms with E-state index in [4.69, 9.17) is 15.9 Å². The van der Waals surface area contributed by atoms with Gasteiger partial charge in [0.05, 0.1) is 0 Å². The summed E-state index contributed by atoms with van der Waals surface area (Å²) in [5.74, 6) is -2.51. The minimum Gasteiger partial charge on any atom is -0.478 e. The first kappa shape index (κ1) is 21.6. The van der Waals surface area contributed by atoms with E-state index in [9.17, 15) is 9.59 Å². The van der Waals surface area contributed by atoms with Gasteiger partial charge in [0.15, 0.2) is 0 Å². The van der Waals surface area contributed by atoms with Crippen molar-refractivity contribution in [3.8, 4) is 0 Å². The third kappa shape index (κ3) is 11.2. The van der Waals surface area contributed by atoms with Crippen molar-refractivity contribution >= 4 is 23.3 Å². The minimum atomic E-state index is -1.26. The summed E-state index contributed by atoms with van der Waals surface area (Å²) in [6, 6.07) is 14.1. The molecule has 1 heterocycles. The van der Waals surface area contributed by atoms with Crippen LogP contribution in [0.3, 0.4) is 0 Å². The molecular formula is C18H23NO4S. The van der Waals surface area contributed by atoms with E-state index < -0.39 is 11.9 Å². The Morgan fingerprint density at radius 1 is 1.00 bits per heavy atom. The molecule has 0 aliphatic rings. The van der Waals surface area contributed by atoms with Gasteiger partial charge in [-0.15, -0.1) is 11.3 Å². The first-order valence-corrected chi connectivity index (χ1v) is 8.00. The molecular weight excluding hydrogens is 326 g/mol. The summed E-state index contributed by atoms with van der Waals surface area (Å²) >= 11 is 1.73. The first-order chi connectivity index (χ1) is 11.1. The molecule has 0 aliphatic carbocycles. The fourth-order valence-electron chi connectivity index (χ4n) is 1.56. The average molecular weight is 349 g/mol. The second-order valence-corrected chi connectivity index (χ2v) is 6.24. The van der Waals surface area contributed by atoms with Crippen LogP contribution in [0, 0.1) is 6.92 Å². The highest BCUT2D eigenvalue weighted by Gasteiger charge is 2.17. The number of carboxylic acids is 2. The molecule has 0 atom stereocenters. The molecule has 2 aromatic rings. The third-order valence-corrected chi connectivity index (χ3v) is 3.84. The van der Waals surface area contributed by atoms with Crippen molar-refractivity contribution in [3.05, 3.63) is 70.4 Å². The first-order valence-electron chi connectivity index (χ1n) is 7.12. The van der Waals surface area contributed by atoms with Crippen LogP contribution >= 0.6 is 11.3 Å². The lowest BCUT2D eigenvalue weighted by molar-refractivity contribution is -0.134. The second kappa shape index (κ2) is 11.2. The number of benzene rings is 1. The molecule has 0 aliphatic heterocycles. The summed E-state index contributed by atoms with van der Waals surface area (Å²) in [4.78, 5) is 20.4. The fourth-order valence-corrected chi connectivity index (χ4v) is 2.53. The maximum atomic E-state index is 9.55. The number of hydrogen-bond acceptors (Lipinski definition) is 4. The molecule has 0 bridgehead atoms. The van der Waals surface area contributed by atoms with Gasteiger partial charge in [0.25, 0.3) is 0 Å². The van der Waals surface area contributed by atoms with Crippen LogP contribution in [-0.4, -0.2) is 22.2 Å². The predicted molar refractivity (Wildman–Crippen MR) is 97.1 cm³/mol. The van der Waals surface area contributed by atoms with E-state index in [0.29, 0.717) is 12.2 Å². The molecule has 0 radical (unpaired) electrons. The number of rotatable bonds is 3. The van der Waals surface area contributed by atoms with E-state index in [2.05, 4.69) is 18.4 Å². The van der Waals surface area contributed by atoms with Crippen molar-refractivity contribution in [1.29, 1.82) is 0 Å². The van der Waals surface area contributed by atoms with Gasteiger partial charge in [-0.3, -0.25) is 0 Å². The third-order valence-electron chi connectivity index (χ3n) is 2.48. The lowest BCUT2D eigenvalue weighted by atomic mass is 10.0. The number of hydrogen-bond donors (Lipinski definition) is 3. The zero-order valence-corrected chi connectivity index (χ0v) is 14.8. The molecule has 6 heteroatoms. The molecule has 4 N–H and O–H groups in total. The van der Waals surface area contributed by atoms with E-state index in [1.54, 1.807) is 11.3 Å². The van der Waals surface area contributed by atoms with Gasteiger partial charge < -0.3 is 15.9 Å². The number of carboxylic acid groups (broad SMARTS) is 2. The van der Waals surface area contributed by atoms with Gasteiger partial charge in [-0.05, 0) is 37.8 Å². The molecule has 0 amide bonds. The summed E-state index contributed by atoms with van der Waals surface area (Å²) in [5.41, 5.74) is 7.05. The molecule has 24 heavy (non-hydrogen) atoms. The molecule has 0 fully saturated rings. The summed E-state index contributed by atoms with van der Waals surface area (Å²) in [6.07, 6.45) is 1.12. The maximum Gasteiger partial charge on any atom is 0.328 e. The Labute approximate surface area is 146 Å². The van der Waals surface area contributed by atoms with Gasteiger partial charge >= 0.3 is 11.9 Å². The lowest BCUT2D eigenvalue weighted by Gasteiger charge is -2.17. The Hall–Kier alpha value is -2.44. The highest BCUT2D eigenvalue weighted by atomic mass is 32.1. The standard InChI is InChI=1S/C8H13NS.C6H6.C4H4O4/c1-6-4-5-10-7(6)8(2,3)9;1-2-4-6-5-3-1;5-3(6)1-2-4(7)8/h4-5H,9H2,1-3H3;1-6H;1-2H,(H,5,6)(H,7,8)/b;;2-1-. The molecule has 0 saturated heterocycles. The van der Waals surface area contributed by atoms with Gasteiger partial charge in [-0.2, -0.15) is 0 Å². The Morgan fingerprint density at radius 3 is 1.54 bits per heavy atom. The van der Waals surface area contributed by atoms with Crippen molar-refractivity contribution in [1.82, 2.24) is 0 Å². The fraction of sp³-hybridized carbons (Fsp3) is 0.222. The minimum absolute atomic E-state index is 0.168. The van der Waals surface area contributed by atoms with E-state index in [0.717, 1.165) is 0 Å². The molecule has 0 unspecified atom stereocenters. The van der Waals surface area contributed by atoms with Gasteiger partial charge in [0, 0.05) is 22.6 Å². The van der Waals surface area contributed by atoms with Crippen LogP contribution in [0.1, 0.15) is 24.3 Å². The van der Waals surface area contributed by atoms with Gasteiger partial charge in [0.1, 0.15) is 0 Å². The number of carbonyl (C=O) groups is 2. The van der Waals surface area contributed by atoms with Crippen molar-refractivity contribution < 1.29 is 19.8 Å². The maximum absolute atomic E-state index is 9.55. The number of thiophene rings is 1. The molecule has 0 saturated carbocycles. The van der Waals surface area contributed by atoms with Crippen molar-refractivity contribution in [2.75, 3.05) is 0 Å². The smallest absolute Gasteiger partial charge is 0.328 e. The van der Waals surface area contributed by atoms with Crippen LogP contribution in [-0.2, 0) is 15.1 Å². The summed E-state index contributed by atoms with van der Waals surface area (Å²) < 4.78 is 0. The Balaban J connectivity index is 0.000000342. The lowest BCUT2D eigenvalue weighted by Crippen LogP contribution is -2.28. The number of aliphatic carboxylic acids is 2. The Kier molecular flexibility index (Phi) is 10.0. The molecule has 1 aromatic heterocycles. The summed E-state index contributed by atoms with van der Waals surface area (Å²) in [7, 11) is 0. The van der Waals surface area contributed by atoms with Crippen molar-refractivity contribution in [2.24, 2.45) is 5.73 Å². The van der Waals surface area contributed by atoms with E-state index in [1.807, 2.05) is 50.2 Å². The quantitative estimate of drug-likeness (QED) is 0.734. The molecule has 0 spiro atoms. The average Bonchev–Trinajstić information content (AvgIpc) is 2.95. The van der Waals surface area contributed by atoms with Crippen LogP contribution in [0.4, 0.5) is 0 Å². The largest absolute Gasteiger partial charge is 0.478 e. The molecule has 1 aromatic carbocycles. The summed E-state index contributed by atoms with van der Waals surface area (Å²) in [5, 5.41) is 17.7. The SMILES string of the molecule is Cc1ccsc1C(C)(C)N.O=C(O)/C=C\C(=O)O.c1ccccc1. The highest BCUT2D eigenvalue weighted by molar-refractivity contribution is 7.10. The predicted octanol–water partition coefficient (Wildman–Crippen LogP) is 3.65. The topological polar surface area (TPSA) is 101 Å². The van der Waals surface area contributed by atoms with E-state index >= 15 is 0 Å². The normalized spacial score (nSPS) is 10.2. The monoisotopic (exact) mass is 349 g/mol. The molecule has 5 nitrogen and oxygen atoms in total. The summed E-state index contributed by atoms with van der Waals surface area (Å²) in [6.45, 7) is 6.16. The van der Waals surface area contributed by atoms with Crippen molar-refractivity contribution in [2.45, 2.75) is 26.3 Å². The number of aryl methyl sites for hydroxylation is 1. The van der Waals surface area contributed by atoms with Crippen LogP contribution in [0.5, 0.6) is 0 Å². The Bertz CT molecular complexity index is 600. The Morgan fingerprint density at radius 2 is 1.38 bits per heavy atom. The van der Waals surface area contributed by atoms with Crippen LogP contribution in [0.2, 0.25) is 0 Å². The van der Waals surface area contributed by atoms with Gasteiger partial charge in [0.2, 0.25) is 0 Å². The van der Waals surface area contributed by atoms with E-state index in [1.165, 1.54) is 10.4 Å². The number of nitrogens with two attached hydrogens (primary N) is 1.